The van der Waals surface area contributed by atoms with E-state index in [0.717, 1.165) is 38.8 Å². The van der Waals surface area contributed by atoms with E-state index in [2.05, 4.69) is 6.92 Å². The third kappa shape index (κ3) is 3.20. The monoisotopic (exact) mass is 336 g/mol. The van der Waals surface area contributed by atoms with E-state index in [1.54, 1.807) is 11.3 Å². The number of fused-ring (bicyclic) bond motifs is 1. The molecule has 2 aromatic heterocycles. The van der Waals surface area contributed by atoms with Gasteiger partial charge in [-0.1, -0.05) is 26.2 Å². The molecular formula is C17H20O3S2. The van der Waals surface area contributed by atoms with Crippen molar-refractivity contribution in [1.29, 1.82) is 0 Å². The summed E-state index contributed by atoms with van der Waals surface area (Å²) in [5.41, 5.74) is 0. The molecule has 0 saturated carbocycles. The quantitative estimate of drug-likeness (QED) is 0.516. The molecule has 22 heavy (non-hydrogen) atoms. The van der Waals surface area contributed by atoms with E-state index in [1.165, 1.54) is 41.9 Å². The summed E-state index contributed by atoms with van der Waals surface area (Å²) in [5.74, 6) is 1.81. The summed E-state index contributed by atoms with van der Waals surface area (Å²) in [6.45, 7) is 3.44. The average molecular weight is 336 g/mol. The molecule has 1 aliphatic heterocycles. The molecule has 118 valence electrons. The number of unbranched alkanes of at least 4 members (excludes halogenated alkanes) is 3. The zero-order chi connectivity index (χ0) is 15.4. The van der Waals surface area contributed by atoms with Crippen LogP contribution >= 0.6 is 22.7 Å². The second kappa shape index (κ2) is 7.29. The highest BCUT2D eigenvalue weighted by atomic mass is 32.1. The Bertz CT molecular complexity index is 642. The van der Waals surface area contributed by atoms with E-state index >= 15 is 0 Å². The first kappa shape index (κ1) is 15.6. The highest BCUT2D eigenvalue weighted by Gasteiger charge is 2.25. The molecule has 2 aromatic rings. The van der Waals surface area contributed by atoms with Crippen LogP contribution in [0.4, 0.5) is 0 Å². The predicted molar refractivity (Wildman–Crippen MR) is 91.9 cm³/mol. The molecule has 0 bridgehead atoms. The molecule has 0 fully saturated rings. The van der Waals surface area contributed by atoms with Crippen LogP contribution in [0, 0.1) is 0 Å². The lowest BCUT2D eigenvalue weighted by atomic mass is 10.1. The number of ether oxygens (including phenoxy) is 2. The van der Waals surface area contributed by atoms with Gasteiger partial charge in [-0.15, -0.1) is 22.7 Å². The average Bonchev–Trinajstić information content (AvgIpc) is 3.16. The minimum absolute atomic E-state index is 0.595. The van der Waals surface area contributed by atoms with Crippen LogP contribution in [-0.2, 0) is 6.42 Å². The summed E-state index contributed by atoms with van der Waals surface area (Å²) in [4.78, 5) is 15.1. The topological polar surface area (TPSA) is 35.5 Å². The molecule has 0 aromatic carbocycles. The third-order valence-corrected chi connectivity index (χ3v) is 6.09. The molecule has 3 rings (SSSR count). The zero-order valence-corrected chi connectivity index (χ0v) is 14.4. The summed E-state index contributed by atoms with van der Waals surface area (Å²) < 4.78 is 11.7. The van der Waals surface area contributed by atoms with Crippen LogP contribution in [0.5, 0.6) is 11.5 Å². The number of aryl methyl sites for hydroxylation is 1. The molecule has 0 atom stereocenters. The predicted octanol–water partition coefficient (Wildman–Crippen LogP) is 5.18. The molecule has 3 nitrogen and oxygen atoms in total. The Kier molecular flexibility index (Phi) is 5.16. The molecule has 1 aliphatic rings. The lowest BCUT2D eigenvalue weighted by Crippen LogP contribution is -2.15. The highest BCUT2D eigenvalue weighted by molar-refractivity contribution is 7.23. The zero-order valence-electron chi connectivity index (χ0n) is 12.7. The Hall–Kier alpha value is -1.33. The molecule has 0 amide bonds. The van der Waals surface area contributed by atoms with Crippen molar-refractivity contribution in [2.24, 2.45) is 0 Å². The van der Waals surface area contributed by atoms with Crippen molar-refractivity contribution in [3.63, 3.8) is 0 Å². The van der Waals surface area contributed by atoms with E-state index in [9.17, 15) is 4.79 Å². The van der Waals surface area contributed by atoms with Crippen molar-refractivity contribution in [3.8, 4) is 21.3 Å². The maximum Gasteiger partial charge on any atom is 0.181 e. The van der Waals surface area contributed by atoms with E-state index in [0.29, 0.717) is 13.2 Å². The summed E-state index contributed by atoms with van der Waals surface area (Å²) in [5, 5.41) is 0. The van der Waals surface area contributed by atoms with Crippen molar-refractivity contribution in [1.82, 2.24) is 0 Å². The molecule has 0 saturated heterocycles. The van der Waals surface area contributed by atoms with Crippen LogP contribution in [0.25, 0.3) is 9.75 Å². The number of carbonyl (C=O) groups excluding carboxylic acids is 1. The Morgan fingerprint density at radius 2 is 1.91 bits per heavy atom. The lowest BCUT2D eigenvalue weighted by molar-refractivity contribution is 0.112. The van der Waals surface area contributed by atoms with Crippen LogP contribution < -0.4 is 9.47 Å². The first-order valence-corrected chi connectivity index (χ1v) is 9.43. The van der Waals surface area contributed by atoms with Crippen molar-refractivity contribution in [2.45, 2.75) is 39.0 Å². The van der Waals surface area contributed by atoms with E-state index < -0.39 is 0 Å². The van der Waals surface area contributed by atoms with Crippen LogP contribution in [0.1, 0.15) is 47.2 Å². The van der Waals surface area contributed by atoms with Gasteiger partial charge in [-0.05, 0) is 25.0 Å². The molecule has 5 heteroatoms. The van der Waals surface area contributed by atoms with Gasteiger partial charge in [0.2, 0.25) is 0 Å². The summed E-state index contributed by atoms with van der Waals surface area (Å²) >= 11 is 3.27. The first-order valence-electron chi connectivity index (χ1n) is 7.80. The minimum Gasteiger partial charge on any atom is -0.485 e. The van der Waals surface area contributed by atoms with E-state index in [4.69, 9.17) is 9.47 Å². The molecule has 0 aliphatic carbocycles. The van der Waals surface area contributed by atoms with Gasteiger partial charge in [0, 0.05) is 4.88 Å². The largest absolute Gasteiger partial charge is 0.485 e. The smallest absolute Gasteiger partial charge is 0.181 e. The maximum absolute atomic E-state index is 10.9. The van der Waals surface area contributed by atoms with Gasteiger partial charge >= 0.3 is 0 Å². The fourth-order valence-electron chi connectivity index (χ4n) is 2.59. The fraction of sp³-hybridized carbons (Fsp3) is 0.471. The van der Waals surface area contributed by atoms with Crippen LogP contribution in [0.3, 0.4) is 0 Å². The molecule has 0 spiro atoms. The van der Waals surface area contributed by atoms with Crippen molar-refractivity contribution < 1.29 is 14.3 Å². The van der Waals surface area contributed by atoms with Gasteiger partial charge in [-0.2, -0.15) is 0 Å². The van der Waals surface area contributed by atoms with Crippen molar-refractivity contribution >= 4 is 29.0 Å². The van der Waals surface area contributed by atoms with Gasteiger partial charge < -0.3 is 9.47 Å². The molecule has 3 heterocycles. The maximum atomic E-state index is 10.9. The van der Waals surface area contributed by atoms with Gasteiger partial charge in [0.05, 0.1) is 14.6 Å². The number of hydrogen-bond acceptors (Lipinski definition) is 5. The van der Waals surface area contributed by atoms with Gasteiger partial charge in [-0.25, -0.2) is 0 Å². The van der Waals surface area contributed by atoms with Crippen molar-refractivity contribution in [2.75, 3.05) is 13.2 Å². The number of hydrogen-bond donors (Lipinski definition) is 0. The SMILES string of the molecule is CCCCCCc1sc(-c2ccc(C=O)s2)c2c1OCCO2. The van der Waals surface area contributed by atoms with Crippen LogP contribution in [-0.4, -0.2) is 19.5 Å². The second-order valence-electron chi connectivity index (χ2n) is 5.34. The Balaban J connectivity index is 1.86. The summed E-state index contributed by atoms with van der Waals surface area (Å²) in [6.07, 6.45) is 6.92. The standard InChI is InChI=1S/C17H20O3S2/c1-2-3-4-5-6-13-15-16(20-10-9-19-15)17(22-13)14-8-7-12(11-18)21-14/h7-8,11H,2-6,9-10H2,1H3. The Morgan fingerprint density at radius 3 is 2.64 bits per heavy atom. The second-order valence-corrected chi connectivity index (χ2v) is 7.56. The molecule has 0 N–H and O–H groups in total. The normalized spacial score (nSPS) is 13.3. The van der Waals surface area contributed by atoms with Gasteiger partial charge in [0.25, 0.3) is 0 Å². The summed E-state index contributed by atoms with van der Waals surface area (Å²) in [6, 6.07) is 3.86. The third-order valence-electron chi connectivity index (χ3n) is 3.69. The molecule has 0 unspecified atom stereocenters. The number of aldehydes is 1. The number of thiophene rings is 2. The van der Waals surface area contributed by atoms with E-state index in [1.807, 2.05) is 12.1 Å². The molecule has 0 radical (unpaired) electrons. The summed E-state index contributed by atoms with van der Waals surface area (Å²) in [7, 11) is 0. The highest BCUT2D eigenvalue weighted by Crippen LogP contribution is 2.51. The fourth-order valence-corrected chi connectivity index (χ4v) is 4.75. The van der Waals surface area contributed by atoms with Gasteiger partial charge in [-0.3, -0.25) is 4.79 Å². The minimum atomic E-state index is 0.595. The molecular weight excluding hydrogens is 316 g/mol. The van der Waals surface area contributed by atoms with Crippen LogP contribution in [0.2, 0.25) is 0 Å². The van der Waals surface area contributed by atoms with Gasteiger partial charge in [0.1, 0.15) is 13.2 Å². The van der Waals surface area contributed by atoms with E-state index in [-0.39, 0.29) is 0 Å². The Labute approximate surface area is 138 Å². The lowest BCUT2D eigenvalue weighted by Gasteiger charge is -2.17. The Morgan fingerprint density at radius 1 is 1.09 bits per heavy atom. The van der Waals surface area contributed by atoms with Crippen molar-refractivity contribution in [3.05, 3.63) is 21.9 Å². The number of carbonyl (C=O) groups is 1. The van der Waals surface area contributed by atoms with Crippen LogP contribution in [0.15, 0.2) is 12.1 Å². The number of rotatable bonds is 7. The van der Waals surface area contributed by atoms with Gasteiger partial charge in [0.15, 0.2) is 17.8 Å². The first-order chi connectivity index (χ1) is 10.8.